The van der Waals surface area contributed by atoms with Crippen LogP contribution in [0.2, 0.25) is 5.02 Å². The zero-order chi connectivity index (χ0) is 13.5. The van der Waals surface area contributed by atoms with Gasteiger partial charge in [0.1, 0.15) is 0 Å². The summed E-state index contributed by atoms with van der Waals surface area (Å²) >= 11 is 5.75. The number of hydrogen-bond donors (Lipinski definition) is 2. The van der Waals surface area contributed by atoms with Crippen molar-refractivity contribution in [3.63, 3.8) is 0 Å². The summed E-state index contributed by atoms with van der Waals surface area (Å²) in [5.74, 6) is -0.969. The summed E-state index contributed by atoms with van der Waals surface area (Å²) in [6, 6.07) is 6.92. The lowest BCUT2D eigenvalue weighted by Gasteiger charge is -2.12. The molecule has 1 aromatic rings. The average molecular weight is 270 g/mol. The van der Waals surface area contributed by atoms with Crippen molar-refractivity contribution in [2.45, 2.75) is 32.2 Å². The molecular weight excluding hydrogens is 254 g/mol. The van der Waals surface area contributed by atoms with Crippen LogP contribution in [-0.4, -0.2) is 23.0 Å². The molecule has 4 nitrogen and oxygen atoms in total. The number of carboxylic acid groups (broad SMARTS) is 1. The number of carbonyl (C=O) groups excluding carboxylic acids is 1. The van der Waals surface area contributed by atoms with E-state index in [-0.39, 0.29) is 24.8 Å². The first-order valence-corrected chi connectivity index (χ1v) is 6.11. The van der Waals surface area contributed by atoms with Gasteiger partial charge in [-0.05, 0) is 31.0 Å². The zero-order valence-corrected chi connectivity index (χ0v) is 10.9. The van der Waals surface area contributed by atoms with Gasteiger partial charge in [0.05, 0.1) is 6.42 Å². The van der Waals surface area contributed by atoms with Crippen LogP contribution in [0.1, 0.15) is 25.3 Å². The van der Waals surface area contributed by atoms with Gasteiger partial charge in [0.2, 0.25) is 5.91 Å². The highest BCUT2D eigenvalue weighted by atomic mass is 35.5. The summed E-state index contributed by atoms with van der Waals surface area (Å²) in [6.07, 6.45) is 0.763. The van der Waals surface area contributed by atoms with Crippen LogP contribution >= 0.6 is 11.6 Å². The van der Waals surface area contributed by atoms with Gasteiger partial charge >= 0.3 is 5.97 Å². The Hall–Kier alpha value is -1.55. The Labute approximate surface area is 111 Å². The second-order valence-corrected chi connectivity index (χ2v) is 4.64. The molecule has 5 heteroatoms. The van der Waals surface area contributed by atoms with Crippen LogP contribution in [0, 0.1) is 0 Å². The van der Waals surface area contributed by atoms with Gasteiger partial charge in [-0.3, -0.25) is 9.59 Å². The normalized spacial score (nSPS) is 11.9. The zero-order valence-electron chi connectivity index (χ0n) is 10.1. The van der Waals surface area contributed by atoms with Crippen molar-refractivity contribution in [1.29, 1.82) is 0 Å². The summed E-state index contributed by atoms with van der Waals surface area (Å²) in [5, 5.41) is 11.9. The Bertz CT molecular complexity index is 417. The van der Waals surface area contributed by atoms with Gasteiger partial charge in [0, 0.05) is 17.5 Å². The van der Waals surface area contributed by atoms with Crippen LogP contribution in [0.3, 0.4) is 0 Å². The molecule has 0 bridgehead atoms. The fraction of sp³-hybridized carbons (Fsp3) is 0.385. The maximum atomic E-state index is 11.7. The molecule has 0 fully saturated rings. The second-order valence-electron chi connectivity index (χ2n) is 4.20. The molecule has 0 spiro atoms. The number of nitrogens with one attached hydrogen (secondary N) is 1. The van der Waals surface area contributed by atoms with Crippen LogP contribution in [0.4, 0.5) is 0 Å². The van der Waals surface area contributed by atoms with E-state index >= 15 is 0 Å². The SMILES string of the molecule is CC(CCC(=O)O)NC(=O)Cc1ccc(Cl)cc1. The van der Waals surface area contributed by atoms with Gasteiger partial charge < -0.3 is 10.4 Å². The van der Waals surface area contributed by atoms with Crippen molar-refractivity contribution in [1.82, 2.24) is 5.32 Å². The van der Waals surface area contributed by atoms with E-state index < -0.39 is 5.97 Å². The lowest BCUT2D eigenvalue weighted by atomic mass is 10.1. The van der Waals surface area contributed by atoms with E-state index in [4.69, 9.17) is 16.7 Å². The van der Waals surface area contributed by atoms with Gasteiger partial charge in [-0.25, -0.2) is 0 Å². The van der Waals surface area contributed by atoms with E-state index in [9.17, 15) is 9.59 Å². The number of carbonyl (C=O) groups is 2. The van der Waals surface area contributed by atoms with E-state index in [1.807, 2.05) is 0 Å². The highest BCUT2D eigenvalue weighted by molar-refractivity contribution is 6.30. The van der Waals surface area contributed by atoms with Crippen molar-refractivity contribution in [2.75, 3.05) is 0 Å². The molecule has 2 N–H and O–H groups in total. The molecule has 0 saturated carbocycles. The molecule has 1 unspecified atom stereocenters. The van der Waals surface area contributed by atoms with Crippen molar-refractivity contribution < 1.29 is 14.7 Å². The molecule has 1 rings (SSSR count). The van der Waals surface area contributed by atoms with E-state index in [0.29, 0.717) is 11.4 Å². The standard InChI is InChI=1S/C13H16ClNO3/c1-9(2-7-13(17)18)15-12(16)8-10-3-5-11(14)6-4-10/h3-6,9H,2,7-8H2,1H3,(H,15,16)(H,17,18). The molecular formula is C13H16ClNO3. The molecule has 98 valence electrons. The Balaban J connectivity index is 2.37. The number of rotatable bonds is 6. The first kappa shape index (κ1) is 14.5. The predicted molar refractivity (Wildman–Crippen MR) is 69.6 cm³/mol. The number of aliphatic carboxylic acids is 1. The van der Waals surface area contributed by atoms with Crippen molar-refractivity contribution >= 4 is 23.5 Å². The Morgan fingerprint density at radius 3 is 2.50 bits per heavy atom. The smallest absolute Gasteiger partial charge is 0.303 e. The third-order valence-corrected chi connectivity index (χ3v) is 2.73. The second kappa shape index (κ2) is 7.01. The van der Waals surface area contributed by atoms with E-state index in [0.717, 1.165) is 5.56 Å². The summed E-state index contributed by atoms with van der Waals surface area (Å²) in [5.41, 5.74) is 0.877. The van der Waals surface area contributed by atoms with Crippen molar-refractivity contribution in [3.8, 4) is 0 Å². The fourth-order valence-corrected chi connectivity index (χ4v) is 1.65. The lowest BCUT2D eigenvalue weighted by molar-refractivity contribution is -0.137. The lowest BCUT2D eigenvalue weighted by Crippen LogP contribution is -2.34. The van der Waals surface area contributed by atoms with E-state index in [2.05, 4.69) is 5.32 Å². The number of halogens is 1. The summed E-state index contributed by atoms with van der Waals surface area (Å²) in [4.78, 5) is 22.0. The van der Waals surface area contributed by atoms with Crippen LogP contribution in [0.5, 0.6) is 0 Å². The largest absolute Gasteiger partial charge is 0.481 e. The average Bonchev–Trinajstić information content (AvgIpc) is 2.29. The molecule has 0 aliphatic heterocycles. The highest BCUT2D eigenvalue weighted by Gasteiger charge is 2.09. The van der Waals surface area contributed by atoms with Crippen molar-refractivity contribution in [2.24, 2.45) is 0 Å². The van der Waals surface area contributed by atoms with Gasteiger partial charge in [0.25, 0.3) is 0 Å². The number of hydrogen-bond acceptors (Lipinski definition) is 2. The minimum atomic E-state index is -0.853. The Morgan fingerprint density at radius 1 is 1.33 bits per heavy atom. The van der Waals surface area contributed by atoms with Crippen LogP contribution < -0.4 is 5.32 Å². The van der Waals surface area contributed by atoms with Crippen LogP contribution in [-0.2, 0) is 16.0 Å². The van der Waals surface area contributed by atoms with Gasteiger partial charge in [0.15, 0.2) is 0 Å². The van der Waals surface area contributed by atoms with Gasteiger partial charge in [-0.2, -0.15) is 0 Å². The molecule has 18 heavy (non-hydrogen) atoms. The highest BCUT2D eigenvalue weighted by Crippen LogP contribution is 2.10. The first-order valence-electron chi connectivity index (χ1n) is 5.73. The van der Waals surface area contributed by atoms with Crippen molar-refractivity contribution in [3.05, 3.63) is 34.9 Å². The Morgan fingerprint density at radius 2 is 1.94 bits per heavy atom. The number of benzene rings is 1. The van der Waals surface area contributed by atoms with Crippen LogP contribution in [0.15, 0.2) is 24.3 Å². The minimum Gasteiger partial charge on any atom is -0.481 e. The van der Waals surface area contributed by atoms with Gasteiger partial charge in [-0.15, -0.1) is 0 Å². The van der Waals surface area contributed by atoms with E-state index in [1.165, 1.54) is 0 Å². The third-order valence-electron chi connectivity index (χ3n) is 2.48. The van der Waals surface area contributed by atoms with Gasteiger partial charge in [-0.1, -0.05) is 23.7 Å². The van der Waals surface area contributed by atoms with Crippen LogP contribution in [0.25, 0.3) is 0 Å². The Kier molecular flexibility index (Phi) is 5.65. The maximum absolute atomic E-state index is 11.7. The molecule has 0 aliphatic rings. The topological polar surface area (TPSA) is 66.4 Å². The molecule has 1 atom stereocenters. The molecule has 0 saturated heterocycles. The minimum absolute atomic E-state index is 0.0579. The molecule has 0 aromatic heterocycles. The molecule has 0 radical (unpaired) electrons. The molecule has 1 aromatic carbocycles. The third kappa shape index (κ3) is 5.68. The van der Waals surface area contributed by atoms with E-state index in [1.54, 1.807) is 31.2 Å². The number of amides is 1. The molecule has 1 amide bonds. The number of carboxylic acids is 1. The summed E-state index contributed by atoms with van der Waals surface area (Å²) in [7, 11) is 0. The quantitative estimate of drug-likeness (QED) is 0.832. The fourth-order valence-electron chi connectivity index (χ4n) is 1.53. The maximum Gasteiger partial charge on any atom is 0.303 e. The predicted octanol–water partition coefficient (Wildman–Crippen LogP) is 2.25. The first-order chi connectivity index (χ1) is 8.47. The molecule has 0 aliphatic carbocycles. The summed E-state index contributed by atoms with van der Waals surface area (Å²) in [6.45, 7) is 1.79. The monoisotopic (exact) mass is 269 g/mol. The molecule has 0 heterocycles. The summed E-state index contributed by atoms with van der Waals surface area (Å²) < 4.78 is 0.